The third-order valence-corrected chi connectivity index (χ3v) is 4.08. The predicted molar refractivity (Wildman–Crippen MR) is 78.0 cm³/mol. The van der Waals surface area contributed by atoms with Gasteiger partial charge in [-0.15, -0.1) is 11.3 Å². The van der Waals surface area contributed by atoms with E-state index >= 15 is 0 Å². The quantitative estimate of drug-likeness (QED) is 0.823. The number of carbonyl (C=O) groups excluding carboxylic acids is 1. The van der Waals surface area contributed by atoms with E-state index in [-0.39, 0.29) is 12.3 Å². The third-order valence-electron chi connectivity index (χ3n) is 2.74. The van der Waals surface area contributed by atoms with E-state index in [0.29, 0.717) is 9.64 Å². The van der Waals surface area contributed by atoms with Gasteiger partial charge < -0.3 is 10.3 Å². The Morgan fingerprint density at radius 1 is 1.33 bits per heavy atom. The largest absolute Gasteiger partial charge is 0.416 e. The number of hydrogen-bond acceptors (Lipinski definition) is 3. The zero-order valence-electron chi connectivity index (χ0n) is 10.9. The molecule has 112 valence electrons. The van der Waals surface area contributed by atoms with Crippen LogP contribution in [-0.2, 0) is 17.4 Å². The summed E-state index contributed by atoms with van der Waals surface area (Å²) < 4.78 is 37.8. The molecule has 1 amide bonds. The highest BCUT2D eigenvalue weighted by Crippen LogP contribution is 2.29. The molecule has 0 spiro atoms. The summed E-state index contributed by atoms with van der Waals surface area (Å²) in [5.74, 6) is -0.303. The average molecular weight is 332 g/mol. The number of aryl methyl sites for hydroxylation is 1. The van der Waals surface area contributed by atoms with E-state index in [1.165, 1.54) is 23.5 Å². The highest BCUT2D eigenvalue weighted by atomic mass is 32.1. The number of aromatic nitrogens is 1. The lowest BCUT2D eigenvalue weighted by molar-refractivity contribution is -0.137. The summed E-state index contributed by atoms with van der Waals surface area (Å²) in [5, 5.41) is 2.56. The minimum atomic E-state index is -4.38. The highest BCUT2D eigenvalue weighted by molar-refractivity contribution is 7.73. The van der Waals surface area contributed by atoms with Gasteiger partial charge in [-0.25, -0.2) is 0 Å². The van der Waals surface area contributed by atoms with Crippen LogP contribution in [0.2, 0.25) is 0 Å². The van der Waals surface area contributed by atoms with E-state index in [0.717, 1.165) is 22.7 Å². The first-order chi connectivity index (χ1) is 9.75. The second-order valence-corrected chi connectivity index (χ2v) is 6.13. The summed E-state index contributed by atoms with van der Waals surface area (Å²) >= 11 is 6.29. The van der Waals surface area contributed by atoms with E-state index in [4.69, 9.17) is 12.2 Å². The lowest BCUT2D eigenvalue weighted by atomic mass is 10.2. The summed E-state index contributed by atoms with van der Waals surface area (Å²) in [6.07, 6.45) is -4.25. The molecule has 2 N–H and O–H groups in total. The monoisotopic (exact) mass is 332 g/mol. The van der Waals surface area contributed by atoms with Crippen LogP contribution in [0.15, 0.2) is 24.3 Å². The molecule has 3 nitrogen and oxygen atoms in total. The third kappa shape index (κ3) is 4.15. The molecule has 0 atom stereocenters. The number of anilines is 1. The Bertz CT molecular complexity index is 701. The Hall–Kier alpha value is -1.67. The average Bonchev–Trinajstić information content (AvgIpc) is 2.67. The number of nitrogens with one attached hydrogen (secondary N) is 2. The zero-order valence-corrected chi connectivity index (χ0v) is 12.5. The number of aromatic amines is 1. The molecule has 0 aliphatic rings. The minimum absolute atomic E-state index is 0.130. The molecule has 0 aliphatic heterocycles. The van der Waals surface area contributed by atoms with Crippen molar-refractivity contribution in [3.8, 4) is 0 Å². The van der Waals surface area contributed by atoms with E-state index in [1.807, 2.05) is 6.92 Å². The van der Waals surface area contributed by atoms with Crippen LogP contribution in [0.3, 0.4) is 0 Å². The Morgan fingerprint density at radius 3 is 2.43 bits per heavy atom. The molecule has 0 bridgehead atoms. The summed E-state index contributed by atoms with van der Waals surface area (Å²) in [6, 6.07) is 4.32. The van der Waals surface area contributed by atoms with Gasteiger partial charge in [-0.3, -0.25) is 4.79 Å². The van der Waals surface area contributed by atoms with Gasteiger partial charge in [-0.2, -0.15) is 13.2 Å². The molecule has 0 fully saturated rings. The van der Waals surface area contributed by atoms with E-state index < -0.39 is 11.7 Å². The van der Waals surface area contributed by atoms with Crippen LogP contribution in [0.5, 0.6) is 0 Å². The number of hydrogen-bond donors (Lipinski definition) is 2. The van der Waals surface area contributed by atoms with Gasteiger partial charge in [0.2, 0.25) is 5.91 Å². The summed E-state index contributed by atoms with van der Waals surface area (Å²) in [4.78, 5) is 15.6. The van der Waals surface area contributed by atoms with Crippen LogP contribution in [-0.4, -0.2) is 10.9 Å². The van der Waals surface area contributed by atoms with Crippen molar-refractivity contribution in [2.24, 2.45) is 0 Å². The minimum Gasteiger partial charge on any atom is -0.341 e. The molecule has 2 rings (SSSR count). The molecular weight excluding hydrogens is 321 g/mol. The number of alkyl halides is 3. The van der Waals surface area contributed by atoms with Gasteiger partial charge in [0, 0.05) is 16.3 Å². The van der Waals surface area contributed by atoms with Crippen molar-refractivity contribution in [1.29, 1.82) is 0 Å². The van der Waals surface area contributed by atoms with E-state index in [2.05, 4.69) is 10.3 Å². The molecule has 0 radical (unpaired) electrons. The van der Waals surface area contributed by atoms with Crippen molar-refractivity contribution in [1.82, 2.24) is 4.98 Å². The number of H-pyrrole nitrogens is 1. The molecule has 0 unspecified atom stereocenters. The van der Waals surface area contributed by atoms with Crippen LogP contribution < -0.4 is 5.32 Å². The van der Waals surface area contributed by atoms with Crippen LogP contribution >= 0.6 is 23.6 Å². The summed E-state index contributed by atoms with van der Waals surface area (Å²) in [5.41, 5.74) is 0.400. The van der Waals surface area contributed by atoms with E-state index in [9.17, 15) is 18.0 Å². The molecule has 0 aliphatic carbocycles. The number of carbonyl (C=O) groups is 1. The second kappa shape index (κ2) is 5.98. The first kappa shape index (κ1) is 15.7. The predicted octanol–water partition coefficient (Wildman–Crippen LogP) is 4.31. The van der Waals surface area contributed by atoms with Gasteiger partial charge in [0.25, 0.3) is 0 Å². The molecule has 1 heterocycles. The van der Waals surface area contributed by atoms with Crippen molar-refractivity contribution in [3.63, 3.8) is 0 Å². The van der Waals surface area contributed by atoms with Crippen LogP contribution in [0.1, 0.15) is 16.1 Å². The first-order valence-electron chi connectivity index (χ1n) is 5.91. The normalized spacial score (nSPS) is 11.4. The van der Waals surface area contributed by atoms with Crippen molar-refractivity contribution < 1.29 is 18.0 Å². The number of amides is 1. The molecule has 8 heteroatoms. The lowest BCUT2D eigenvalue weighted by Crippen LogP contribution is -2.14. The van der Waals surface area contributed by atoms with E-state index in [1.54, 1.807) is 0 Å². The maximum atomic E-state index is 12.4. The summed E-state index contributed by atoms with van der Waals surface area (Å²) in [7, 11) is 0. The Morgan fingerprint density at radius 2 is 1.95 bits per heavy atom. The van der Waals surface area contributed by atoms with Crippen molar-refractivity contribution >= 4 is 35.1 Å². The number of halogens is 3. The smallest absolute Gasteiger partial charge is 0.341 e. The fraction of sp³-hybridized carbons (Fsp3) is 0.231. The number of benzene rings is 1. The SMILES string of the molecule is Cc1[nH]c(=S)sc1CC(=O)Nc1ccc(C(F)(F)F)cc1. The molecular formula is C13H11F3N2OS2. The molecule has 0 saturated heterocycles. The summed E-state index contributed by atoms with van der Waals surface area (Å²) in [6.45, 7) is 1.81. The van der Waals surface area contributed by atoms with Gasteiger partial charge in [-0.1, -0.05) is 0 Å². The molecule has 2 aromatic rings. The Labute approximate surface area is 127 Å². The molecule has 1 aromatic carbocycles. The lowest BCUT2D eigenvalue weighted by Gasteiger charge is -2.08. The van der Waals surface area contributed by atoms with Gasteiger partial charge in [0.05, 0.1) is 12.0 Å². The highest BCUT2D eigenvalue weighted by Gasteiger charge is 2.29. The van der Waals surface area contributed by atoms with Gasteiger partial charge in [0.15, 0.2) is 3.95 Å². The van der Waals surface area contributed by atoms with Crippen LogP contribution in [0.25, 0.3) is 0 Å². The standard InChI is InChI=1S/C13H11F3N2OS2/c1-7-10(21-12(20)17-7)6-11(19)18-9-4-2-8(3-5-9)13(14,15)16/h2-5H,6H2,1H3,(H,17,20)(H,18,19). The number of rotatable bonds is 3. The van der Waals surface area contributed by atoms with Gasteiger partial charge in [-0.05, 0) is 43.4 Å². The van der Waals surface area contributed by atoms with Crippen molar-refractivity contribution in [2.45, 2.75) is 19.5 Å². The van der Waals surface area contributed by atoms with Crippen molar-refractivity contribution in [2.75, 3.05) is 5.32 Å². The van der Waals surface area contributed by atoms with Gasteiger partial charge in [0.1, 0.15) is 0 Å². The maximum Gasteiger partial charge on any atom is 0.416 e. The fourth-order valence-electron chi connectivity index (χ4n) is 1.70. The topological polar surface area (TPSA) is 44.9 Å². The van der Waals surface area contributed by atoms with Crippen LogP contribution in [0, 0.1) is 10.9 Å². The van der Waals surface area contributed by atoms with Crippen LogP contribution in [0.4, 0.5) is 18.9 Å². The van der Waals surface area contributed by atoms with Crippen molar-refractivity contribution in [3.05, 3.63) is 44.4 Å². The van der Waals surface area contributed by atoms with Gasteiger partial charge >= 0.3 is 6.18 Å². The fourth-order valence-corrected chi connectivity index (χ4v) is 2.99. The number of thiazole rings is 1. The zero-order chi connectivity index (χ0) is 15.6. The maximum absolute atomic E-state index is 12.4. The molecule has 0 saturated carbocycles. The Balaban J connectivity index is 2.03. The second-order valence-electron chi connectivity index (χ2n) is 4.36. The Kier molecular flexibility index (Phi) is 4.48. The molecule has 21 heavy (non-hydrogen) atoms. The molecule has 1 aromatic heterocycles. The first-order valence-corrected chi connectivity index (χ1v) is 7.14.